The molecule has 1 aliphatic heterocycles. The van der Waals surface area contributed by atoms with E-state index >= 15 is 0 Å². The van der Waals surface area contributed by atoms with Crippen LogP contribution in [0.4, 0.5) is 0 Å². The molecule has 0 spiro atoms. The Morgan fingerprint density at radius 2 is 1.61 bits per heavy atom. The van der Waals surface area contributed by atoms with Crippen LogP contribution in [0.3, 0.4) is 0 Å². The lowest BCUT2D eigenvalue weighted by molar-refractivity contribution is 0.0129. The molecule has 168 valence electrons. The molecule has 0 bridgehead atoms. The number of hydrogen-bond donors (Lipinski definition) is 3. The van der Waals surface area contributed by atoms with E-state index < -0.39 is 10.8 Å². The molecule has 1 aliphatic rings. The molecule has 0 amide bonds. The smallest absolute Gasteiger partial charge is 0.0701 e. The van der Waals surface area contributed by atoms with Crippen LogP contribution >= 0.6 is 0 Å². The minimum absolute atomic E-state index is 0.505. The molecule has 9 nitrogen and oxygen atoms in total. The molecule has 0 unspecified atom stereocenters. The quantitative estimate of drug-likeness (QED) is 0.179. The zero-order chi connectivity index (χ0) is 21.0. The van der Waals surface area contributed by atoms with E-state index in [9.17, 15) is 4.21 Å². The number of ether oxygens (including phenoxy) is 3. The molecule has 0 aliphatic carbocycles. The van der Waals surface area contributed by atoms with E-state index in [1.807, 2.05) is 20.9 Å². The van der Waals surface area contributed by atoms with Gasteiger partial charge in [-0.1, -0.05) is 13.8 Å². The van der Waals surface area contributed by atoms with E-state index in [1.54, 1.807) is 6.20 Å². The Hall–Kier alpha value is -0.750. The minimum Gasteiger partial charge on any atom is -0.400 e. The number of hydrogen-bond acceptors (Lipinski definition) is 9. The minimum atomic E-state index is -0.671. The Kier molecular flexibility index (Phi) is 19.0. The summed E-state index contributed by atoms with van der Waals surface area (Å²) >= 11 is 0. The van der Waals surface area contributed by atoms with Crippen LogP contribution in [0.15, 0.2) is 11.9 Å². The fourth-order valence-corrected chi connectivity index (χ4v) is 3.42. The van der Waals surface area contributed by atoms with Crippen molar-refractivity contribution in [3.8, 4) is 0 Å². The van der Waals surface area contributed by atoms with Gasteiger partial charge in [-0.15, -0.1) is 0 Å². The number of likely N-dealkylation sites (N-methyl/N-ethyl adjacent to an activating group) is 1. The lowest BCUT2D eigenvalue weighted by Crippen LogP contribution is -2.40. The summed E-state index contributed by atoms with van der Waals surface area (Å²) in [6, 6.07) is 0. The summed E-state index contributed by atoms with van der Waals surface area (Å²) in [5.41, 5.74) is 6.71. The number of hydrazine groups is 1. The third-order valence-corrected chi connectivity index (χ3v) is 5.02. The van der Waals surface area contributed by atoms with Crippen molar-refractivity contribution in [3.63, 3.8) is 0 Å². The van der Waals surface area contributed by atoms with Gasteiger partial charge in [-0.3, -0.25) is 9.11 Å². The number of rotatable bonds is 15. The molecule has 1 fully saturated rings. The Morgan fingerprint density at radius 1 is 1.07 bits per heavy atom. The first kappa shape index (κ1) is 27.2. The standard InChI is InChI=1S/C16H35N5O4S.C2H6/c1-19-2-6-23-8-10-25-11-9-24-7-3-21(18)15-16(17)14-20-4-12-26(22)13-5-20;1-2/h15,19H,2-14,17-18H2,1H3;1-2H3/b16-15-;. The average Bonchev–Trinajstić information content (AvgIpc) is 2.69. The first-order valence-corrected chi connectivity index (χ1v) is 11.5. The van der Waals surface area contributed by atoms with Gasteiger partial charge in [0.05, 0.1) is 46.2 Å². The molecule has 0 aromatic carbocycles. The molecule has 1 rings (SSSR count). The summed E-state index contributed by atoms with van der Waals surface area (Å²) in [6.07, 6.45) is 1.73. The second-order valence-electron chi connectivity index (χ2n) is 6.01. The predicted molar refractivity (Wildman–Crippen MR) is 115 cm³/mol. The highest BCUT2D eigenvalue weighted by atomic mass is 32.2. The molecular weight excluding hydrogens is 382 g/mol. The molecule has 28 heavy (non-hydrogen) atoms. The van der Waals surface area contributed by atoms with E-state index in [2.05, 4.69) is 10.2 Å². The van der Waals surface area contributed by atoms with Gasteiger partial charge in [0, 0.05) is 60.4 Å². The van der Waals surface area contributed by atoms with Crippen molar-refractivity contribution in [2.45, 2.75) is 13.8 Å². The van der Waals surface area contributed by atoms with Crippen LogP contribution in [-0.2, 0) is 25.0 Å². The summed E-state index contributed by atoms with van der Waals surface area (Å²) in [5.74, 6) is 7.34. The van der Waals surface area contributed by atoms with Crippen molar-refractivity contribution in [3.05, 3.63) is 11.9 Å². The van der Waals surface area contributed by atoms with Gasteiger partial charge in [-0.05, 0) is 7.05 Å². The summed E-state index contributed by atoms with van der Waals surface area (Å²) in [7, 11) is 1.22. The molecular formula is C18H41N5O4S. The van der Waals surface area contributed by atoms with Crippen molar-refractivity contribution in [2.75, 3.05) is 90.9 Å². The van der Waals surface area contributed by atoms with Gasteiger partial charge in [-0.2, -0.15) is 0 Å². The number of nitrogens with one attached hydrogen (secondary N) is 1. The van der Waals surface area contributed by atoms with E-state index in [1.165, 1.54) is 5.01 Å². The predicted octanol–water partition coefficient (Wildman–Crippen LogP) is -0.678. The van der Waals surface area contributed by atoms with Gasteiger partial charge in [0.25, 0.3) is 0 Å². The largest absolute Gasteiger partial charge is 0.400 e. The Bertz CT molecular complexity index is 405. The van der Waals surface area contributed by atoms with Gasteiger partial charge in [0.2, 0.25) is 0 Å². The highest BCUT2D eigenvalue weighted by Gasteiger charge is 2.15. The maximum absolute atomic E-state index is 11.3. The van der Waals surface area contributed by atoms with E-state index in [0.717, 1.165) is 31.1 Å². The lowest BCUT2D eigenvalue weighted by atomic mass is 10.4. The topological polar surface area (TPSA) is 115 Å². The zero-order valence-electron chi connectivity index (χ0n) is 17.9. The molecule has 0 radical (unpaired) electrons. The van der Waals surface area contributed by atoms with Gasteiger partial charge in [0.1, 0.15) is 0 Å². The lowest BCUT2D eigenvalue weighted by Gasteiger charge is -2.26. The highest BCUT2D eigenvalue weighted by Crippen LogP contribution is 2.02. The first-order valence-electron chi connectivity index (χ1n) is 10.0. The van der Waals surface area contributed by atoms with Crippen molar-refractivity contribution >= 4 is 10.8 Å². The van der Waals surface area contributed by atoms with Crippen LogP contribution in [0.2, 0.25) is 0 Å². The van der Waals surface area contributed by atoms with Crippen LogP contribution in [0.25, 0.3) is 0 Å². The van der Waals surface area contributed by atoms with Crippen LogP contribution in [0.1, 0.15) is 13.8 Å². The maximum atomic E-state index is 11.3. The highest BCUT2D eigenvalue weighted by molar-refractivity contribution is 7.85. The molecule has 0 saturated carbocycles. The van der Waals surface area contributed by atoms with Crippen molar-refractivity contribution in [1.82, 2.24) is 15.2 Å². The fraction of sp³-hybridized carbons (Fsp3) is 0.889. The van der Waals surface area contributed by atoms with E-state index in [4.69, 9.17) is 25.8 Å². The van der Waals surface area contributed by atoms with Crippen molar-refractivity contribution < 1.29 is 18.4 Å². The van der Waals surface area contributed by atoms with E-state index in [0.29, 0.717) is 58.4 Å². The second-order valence-corrected chi connectivity index (χ2v) is 7.70. The number of nitrogens with zero attached hydrogens (tertiary/aromatic N) is 2. The molecule has 0 aromatic rings. The summed E-state index contributed by atoms with van der Waals surface area (Å²) in [6.45, 7) is 11.1. The molecule has 10 heteroatoms. The van der Waals surface area contributed by atoms with Crippen molar-refractivity contribution in [2.24, 2.45) is 11.6 Å². The fourth-order valence-electron chi connectivity index (χ4n) is 2.30. The Morgan fingerprint density at radius 3 is 2.18 bits per heavy atom. The van der Waals surface area contributed by atoms with Crippen LogP contribution < -0.4 is 16.9 Å². The molecule has 0 atom stereocenters. The van der Waals surface area contributed by atoms with Gasteiger partial charge < -0.3 is 30.3 Å². The second kappa shape index (κ2) is 19.6. The van der Waals surface area contributed by atoms with Crippen LogP contribution in [-0.4, -0.2) is 105 Å². The zero-order valence-corrected chi connectivity index (χ0v) is 18.7. The van der Waals surface area contributed by atoms with Gasteiger partial charge in [0.15, 0.2) is 0 Å². The molecule has 1 heterocycles. The molecule has 0 aromatic heterocycles. The maximum Gasteiger partial charge on any atom is 0.0701 e. The van der Waals surface area contributed by atoms with Crippen LogP contribution in [0, 0.1) is 0 Å². The first-order chi connectivity index (χ1) is 13.6. The average molecular weight is 424 g/mol. The molecule has 5 N–H and O–H groups in total. The third-order valence-electron chi connectivity index (χ3n) is 3.74. The van der Waals surface area contributed by atoms with Crippen LogP contribution in [0.5, 0.6) is 0 Å². The van der Waals surface area contributed by atoms with Gasteiger partial charge >= 0.3 is 0 Å². The molecule has 1 saturated heterocycles. The SMILES string of the molecule is CC.CNCCOCCOCCOCCN(N)/C=C(\N)CN1CCS(=O)CC1. The Labute approximate surface area is 173 Å². The summed E-state index contributed by atoms with van der Waals surface area (Å²) in [4.78, 5) is 2.19. The van der Waals surface area contributed by atoms with E-state index in [-0.39, 0.29) is 0 Å². The number of nitrogens with two attached hydrogens (primary N) is 2. The van der Waals surface area contributed by atoms with Gasteiger partial charge in [-0.25, -0.2) is 5.84 Å². The third kappa shape index (κ3) is 16.2. The van der Waals surface area contributed by atoms with Crippen molar-refractivity contribution in [1.29, 1.82) is 0 Å². The summed E-state index contributed by atoms with van der Waals surface area (Å²) < 4.78 is 27.6. The Balaban J connectivity index is 0.00000352. The summed E-state index contributed by atoms with van der Waals surface area (Å²) in [5, 5.41) is 4.55. The monoisotopic (exact) mass is 423 g/mol. The normalized spacial score (nSPS) is 15.9.